The van der Waals surface area contributed by atoms with E-state index in [1.54, 1.807) is 32.1 Å². The molecule has 0 radical (unpaired) electrons. The van der Waals surface area contributed by atoms with Gasteiger partial charge >= 0.3 is 11.9 Å². The summed E-state index contributed by atoms with van der Waals surface area (Å²) in [6.45, 7) is 11.2. The highest BCUT2D eigenvalue weighted by Gasteiger charge is 2.51. The molecule has 3 heterocycles. The molecule has 0 aliphatic carbocycles. The Morgan fingerprint density at radius 1 is 1.05 bits per heavy atom. The molecule has 3 aliphatic heterocycles. The highest BCUT2D eigenvalue weighted by Crippen LogP contribution is 2.43. The molecule has 0 saturated carbocycles. The number of nitrogens with one attached hydrogen (secondary N) is 2. The van der Waals surface area contributed by atoms with Crippen molar-refractivity contribution < 1.29 is 52.8 Å². The zero-order valence-corrected chi connectivity index (χ0v) is 33.1. The molecule has 9 atom stereocenters. The van der Waals surface area contributed by atoms with Crippen molar-refractivity contribution in [2.75, 3.05) is 19.0 Å². The number of carbonyl (C=O) groups is 5. The third-order valence-corrected chi connectivity index (χ3v) is 9.63. The molecule has 1 spiro atoms. The molecule has 1 aromatic carbocycles. The molecular weight excluding hydrogens is 710 g/mol. The van der Waals surface area contributed by atoms with E-state index in [-0.39, 0.29) is 72.6 Å². The van der Waals surface area contributed by atoms with Gasteiger partial charge in [0, 0.05) is 37.9 Å². The highest BCUT2D eigenvalue weighted by atomic mass is 16.6. The predicted molar refractivity (Wildman–Crippen MR) is 206 cm³/mol. The van der Waals surface area contributed by atoms with E-state index in [0.29, 0.717) is 25.1 Å². The number of hydrogen-bond acceptors (Lipinski definition) is 11. The van der Waals surface area contributed by atoms with E-state index in [9.17, 15) is 19.2 Å². The van der Waals surface area contributed by atoms with E-state index < -0.39 is 24.1 Å². The quantitative estimate of drug-likeness (QED) is 0.0840. The number of nitrogens with two attached hydrogens (primary N) is 1. The van der Waals surface area contributed by atoms with Crippen molar-refractivity contribution in [3.8, 4) is 0 Å². The van der Waals surface area contributed by atoms with Gasteiger partial charge in [0.05, 0.1) is 62.2 Å². The summed E-state index contributed by atoms with van der Waals surface area (Å²) in [6.07, 6.45) is 11.8. The van der Waals surface area contributed by atoms with E-state index in [1.165, 1.54) is 13.2 Å². The number of carbonyl (C=O) groups excluding carboxylic acids is 4. The molecule has 0 aromatic heterocycles. The normalized spacial score (nSPS) is 27.4. The average molecular weight is 770 g/mol. The molecule has 304 valence electrons. The van der Waals surface area contributed by atoms with Crippen LogP contribution >= 0.6 is 0 Å². The molecule has 2 amide bonds. The van der Waals surface area contributed by atoms with Crippen LogP contribution in [0, 0.1) is 5.92 Å². The van der Waals surface area contributed by atoms with E-state index >= 15 is 0 Å². The Bertz CT molecular complexity index is 1560. The van der Waals surface area contributed by atoms with Crippen molar-refractivity contribution in [3.63, 3.8) is 0 Å². The number of para-hydroxylation sites is 1. The number of ether oxygens (including phenoxy) is 5. The summed E-state index contributed by atoms with van der Waals surface area (Å²) in [7, 11) is 1.39. The lowest BCUT2D eigenvalue weighted by molar-refractivity contribution is -0.147. The van der Waals surface area contributed by atoms with Gasteiger partial charge < -0.3 is 45.2 Å². The van der Waals surface area contributed by atoms with Gasteiger partial charge in [0.1, 0.15) is 6.10 Å². The molecule has 1 aromatic rings. The monoisotopic (exact) mass is 769 g/mol. The average Bonchev–Trinajstić information content (AvgIpc) is 3.86. The van der Waals surface area contributed by atoms with Gasteiger partial charge in [-0.3, -0.25) is 24.0 Å². The van der Waals surface area contributed by atoms with Crippen molar-refractivity contribution in [1.29, 1.82) is 0 Å². The predicted octanol–water partition coefficient (Wildman–Crippen LogP) is 4.55. The fourth-order valence-electron chi connectivity index (χ4n) is 6.49. The summed E-state index contributed by atoms with van der Waals surface area (Å²) in [5, 5.41) is 13.2. The first-order valence-electron chi connectivity index (χ1n) is 18.9. The Balaban J connectivity index is 0.00000193. The van der Waals surface area contributed by atoms with E-state index in [1.807, 2.05) is 32.1 Å². The van der Waals surface area contributed by atoms with E-state index in [2.05, 4.69) is 29.7 Å². The van der Waals surface area contributed by atoms with Crippen molar-refractivity contribution in [2.45, 2.75) is 135 Å². The lowest BCUT2D eigenvalue weighted by Gasteiger charge is -2.39. The van der Waals surface area contributed by atoms with Gasteiger partial charge in [0.25, 0.3) is 5.97 Å². The van der Waals surface area contributed by atoms with Crippen molar-refractivity contribution >= 4 is 35.4 Å². The van der Waals surface area contributed by atoms with Gasteiger partial charge in [-0.15, -0.1) is 0 Å². The number of anilines is 1. The number of carboxylic acid groups (broad SMARTS) is 1. The van der Waals surface area contributed by atoms with Gasteiger partial charge in [-0.05, 0) is 70.6 Å². The standard InChI is InChI=1S/C39H55N3O9.C2H4O2/c1-24(11-15-30-21-39(23-48-39)22-31(51-30)20-37(45)47-6)12-16-34-25(2)19-33(28(5)50-34)41-35(43)17-13-26(3)49-36(44)18-14-29-9-7-8-10-32(29)42-38(46)27(4)40;1-2(3)4/h7-13,15,17,25-28,30-31,33-34H,14,16,18-23,40H2,1-6H3,(H,41,43)(H,42,46);1H3,(H,3,4)/b15-11+,17-13-,24-12+;/t25-,26-,27-,28+,30+,31+,33+,34-,39+;/m0./s1. The number of hydrogen-bond donors (Lipinski definition) is 4. The van der Waals surface area contributed by atoms with Gasteiger partial charge in [-0.1, -0.05) is 48.9 Å². The van der Waals surface area contributed by atoms with Crippen LogP contribution in [-0.4, -0.2) is 96.8 Å². The molecule has 4 rings (SSSR count). The fourth-order valence-corrected chi connectivity index (χ4v) is 6.49. The molecule has 0 unspecified atom stereocenters. The Morgan fingerprint density at radius 3 is 2.40 bits per heavy atom. The Kier molecular flexibility index (Phi) is 17.7. The number of rotatable bonds is 15. The third kappa shape index (κ3) is 16.1. The van der Waals surface area contributed by atoms with Crippen LogP contribution in [0.4, 0.5) is 5.69 Å². The maximum Gasteiger partial charge on any atom is 0.308 e. The van der Waals surface area contributed by atoms with Crippen molar-refractivity contribution in [2.24, 2.45) is 11.7 Å². The molecule has 0 bridgehead atoms. The summed E-state index contributed by atoms with van der Waals surface area (Å²) in [6, 6.07) is 6.43. The number of aryl methyl sites for hydroxylation is 1. The molecule has 14 nitrogen and oxygen atoms in total. The van der Waals surface area contributed by atoms with Gasteiger partial charge in [0.2, 0.25) is 11.8 Å². The minimum absolute atomic E-state index is 0.0115. The molecular formula is C41H59N3O11. The number of benzene rings is 1. The number of aliphatic carboxylic acids is 1. The Labute approximate surface area is 324 Å². The molecule has 3 aliphatic rings. The smallest absolute Gasteiger partial charge is 0.308 e. The zero-order chi connectivity index (χ0) is 40.7. The molecule has 14 heteroatoms. The van der Waals surface area contributed by atoms with Crippen LogP contribution in [0.3, 0.4) is 0 Å². The minimum Gasteiger partial charge on any atom is -0.481 e. The molecule has 3 saturated heterocycles. The Morgan fingerprint density at radius 2 is 1.75 bits per heavy atom. The number of esters is 2. The number of carboxylic acids is 1. The summed E-state index contributed by atoms with van der Waals surface area (Å²) in [4.78, 5) is 58.1. The van der Waals surface area contributed by atoms with Gasteiger partial charge in [0.15, 0.2) is 0 Å². The first kappa shape index (κ1) is 45.0. The summed E-state index contributed by atoms with van der Waals surface area (Å²) < 4.78 is 28.5. The lowest BCUT2D eigenvalue weighted by atomic mass is 9.88. The first-order valence-corrected chi connectivity index (χ1v) is 18.9. The largest absolute Gasteiger partial charge is 0.481 e. The Hall–Kier alpha value is -4.37. The summed E-state index contributed by atoms with van der Waals surface area (Å²) in [5.74, 6) is -1.89. The van der Waals surface area contributed by atoms with E-state index in [0.717, 1.165) is 37.3 Å². The second kappa shape index (κ2) is 21.6. The van der Waals surface area contributed by atoms with Crippen LogP contribution in [0.15, 0.2) is 60.2 Å². The van der Waals surface area contributed by atoms with Crippen LogP contribution in [0.2, 0.25) is 0 Å². The van der Waals surface area contributed by atoms with Crippen LogP contribution in [0.1, 0.15) is 85.6 Å². The highest BCUT2D eigenvalue weighted by molar-refractivity contribution is 5.95. The molecule has 5 N–H and O–H groups in total. The lowest BCUT2D eigenvalue weighted by Crippen LogP contribution is -2.50. The van der Waals surface area contributed by atoms with Gasteiger partial charge in [-0.2, -0.15) is 0 Å². The minimum atomic E-state index is -0.833. The van der Waals surface area contributed by atoms with Crippen molar-refractivity contribution in [1.82, 2.24) is 5.32 Å². The topological polar surface area (TPSA) is 205 Å². The molecule has 55 heavy (non-hydrogen) atoms. The first-order chi connectivity index (χ1) is 26.0. The van der Waals surface area contributed by atoms with Crippen LogP contribution in [0.25, 0.3) is 0 Å². The number of allylic oxidation sites excluding steroid dienone is 2. The zero-order valence-electron chi connectivity index (χ0n) is 33.1. The van der Waals surface area contributed by atoms with E-state index in [4.69, 9.17) is 39.3 Å². The maximum atomic E-state index is 12.8. The number of epoxide rings is 1. The van der Waals surface area contributed by atoms with Crippen LogP contribution < -0.4 is 16.4 Å². The van der Waals surface area contributed by atoms with Crippen LogP contribution in [-0.2, 0) is 54.1 Å². The maximum absolute atomic E-state index is 12.8. The summed E-state index contributed by atoms with van der Waals surface area (Å²) >= 11 is 0. The number of methoxy groups -OCH3 is 1. The van der Waals surface area contributed by atoms with Crippen molar-refractivity contribution in [3.05, 3.63) is 65.8 Å². The number of amides is 2. The third-order valence-electron chi connectivity index (χ3n) is 9.63. The van der Waals surface area contributed by atoms with Crippen LogP contribution in [0.5, 0.6) is 0 Å². The van der Waals surface area contributed by atoms with Gasteiger partial charge in [-0.25, -0.2) is 0 Å². The second-order valence-corrected chi connectivity index (χ2v) is 14.7. The molecule has 3 fully saturated rings. The SMILES string of the molecule is CC(=O)O.COC(=O)C[C@@H]1C[C@@]2(CO2)C[C@@H](/C=C/C(C)=C/C[C@@H]2O[C@H](C)[C@H](NC(=O)/C=C\[C@H](C)OC(=O)CCc3ccccc3NC(=O)[C@H](C)N)C[C@@H]2C)O1. The summed E-state index contributed by atoms with van der Waals surface area (Å²) in [5.41, 5.74) is 7.97. The second-order valence-electron chi connectivity index (χ2n) is 14.7. The fraction of sp³-hybridized carbons (Fsp3) is 0.585.